The molecular formula is C19H18N2O5. The van der Waals surface area contributed by atoms with Crippen molar-refractivity contribution in [2.75, 3.05) is 6.54 Å². The highest BCUT2D eigenvalue weighted by atomic mass is 16.4. The van der Waals surface area contributed by atoms with Gasteiger partial charge in [-0.15, -0.1) is 0 Å². The van der Waals surface area contributed by atoms with Crippen molar-refractivity contribution in [2.45, 2.75) is 20.4 Å². The van der Waals surface area contributed by atoms with Crippen molar-refractivity contribution in [3.8, 4) is 5.75 Å². The van der Waals surface area contributed by atoms with E-state index in [0.29, 0.717) is 23.2 Å². The minimum atomic E-state index is -0.693. The summed E-state index contributed by atoms with van der Waals surface area (Å²) in [7, 11) is 0. The zero-order valence-electron chi connectivity index (χ0n) is 14.4. The molecule has 1 amide bonds. The molecule has 1 aromatic carbocycles. The molecule has 2 heterocycles. The first-order valence-corrected chi connectivity index (χ1v) is 8.09. The SMILES string of the molecule is Cc1cccc2cc(C(=O)NCCn3ccc(=O)c(O)c3C)c(=O)oc12. The van der Waals surface area contributed by atoms with Gasteiger partial charge in [-0.25, -0.2) is 4.79 Å². The van der Waals surface area contributed by atoms with Gasteiger partial charge in [-0.3, -0.25) is 9.59 Å². The number of rotatable bonds is 4. The Bertz CT molecular complexity index is 1110. The first kappa shape index (κ1) is 17.5. The molecule has 134 valence electrons. The number of nitrogens with one attached hydrogen (secondary N) is 1. The molecule has 0 saturated heterocycles. The van der Waals surface area contributed by atoms with E-state index in [1.165, 1.54) is 18.3 Å². The average Bonchev–Trinajstić information content (AvgIpc) is 2.62. The normalized spacial score (nSPS) is 10.8. The summed E-state index contributed by atoms with van der Waals surface area (Å²) >= 11 is 0. The fraction of sp³-hybridized carbons (Fsp3) is 0.211. The first-order valence-electron chi connectivity index (χ1n) is 8.09. The van der Waals surface area contributed by atoms with Crippen molar-refractivity contribution in [1.29, 1.82) is 0 Å². The Hall–Kier alpha value is -3.35. The third-order valence-electron chi connectivity index (χ3n) is 4.25. The Morgan fingerprint density at radius 2 is 2.00 bits per heavy atom. The van der Waals surface area contributed by atoms with Gasteiger partial charge in [0.2, 0.25) is 5.43 Å². The number of benzene rings is 1. The molecule has 0 bridgehead atoms. The van der Waals surface area contributed by atoms with Gasteiger partial charge in [-0.1, -0.05) is 18.2 Å². The van der Waals surface area contributed by atoms with E-state index in [9.17, 15) is 19.5 Å². The number of pyridine rings is 1. The average molecular weight is 354 g/mol. The quantitative estimate of drug-likeness (QED) is 0.695. The van der Waals surface area contributed by atoms with Crippen LogP contribution in [0.15, 0.2) is 50.5 Å². The maximum atomic E-state index is 12.3. The standard InChI is InChI=1S/C19H18N2O5/c1-11-4-3-5-13-10-14(19(25)26-17(11)13)18(24)20-7-9-21-8-6-15(22)16(23)12(21)2/h3-6,8,10,23H,7,9H2,1-2H3,(H,20,24). The Morgan fingerprint density at radius 3 is 2.77 bits per heavy atom. The largest absolute Gasteiger partial charge is 0.503 e. The number of hydrogen-bond acceptors (Lipinski definition) is 5. The minimum absolute atomic E-state index is 0.0671. The van der Waals surface area contributed by atoms with Gasteiger partial charge < -0.3 is 19.4 Å². The lowest BCUT2D eigenvalue weighted by Gasteiger charge is -2.12. The van der Waals surface area contributed by atoms with Crippen molar-refractivity contribution >= 4 is 16.9 Å². The lowest BCUT2D eigenvalue weighted by Crippen LogP contribution is -2.31. The highest BCUT2D eigenvalue weighted by molar-refractivity contribution is 5.96. The molecule has 0 aliphatic carbocycles. The van der Waals surface area contributed by atoms with Crippen molar-refractivity contribution in [2.24, 2.45) is 0 Å². The van der Waals surface area contributed by atoms with Gasteiger partial charge in [0.1, 0.15) is 11.1 Å². The summed E-state index contributed by atoms with van der Waals surface area (Å²) in [4.78, 5) is 35.8. The number of amides is 1. The number of hydrogen-bond donors (Lipinski definition) is 2. The predicted molar refractivity (Wildman–Crippen MR) is 96.7 cm³/mol. The number of fused-ring (bicyclic) bond motifs is 1. The van der Waals surface area contributed by atoms with Crippen LogP contribution >= 0.6 is 0 Å². The molecule has 2 aromatic heterocycles. The highest BCUT2D eigenvalue weighted by Crippen LogP contribution is 2.17. The van der Waals surface area contributed by atoms with Gasteiger partial charge in [0.15, 0.2) is 5.75 Å². The number of aromatic hydroxyl groups is 1. The second-order valence-corrected chi connectivity index (χ2v) is 6.00. The number of carbonyl (C=O) groups excluding carboxylic acids is 1. The van der Waals surface area contributed by atoms with Gasteiger partial charge in [-0.2, -0.15) is 0 Å². The number of aromatic nitrogens is 1. The molecule has 26 heavy (non-hydrogen) atoms. The van der Waals surface area contributed by atoms with Crippen molar-refractivity contribution in [3.05, 3.63) is 74.0 Å². The van der Waals surface area contributed by atoms with Crippen LogP contribution in [-0.2, 0) is 6.54 Å². The summed E-state index contributed by atoms with van der Waals surface area (Å²) in [6.45, 7) is 3.99. The molecule has 0 aliphatic rings. The van der Waals surface area contributed by atoms with Crippen LogP contribution < -0.4 is 16.4 Å². The zero-order chi connectivity index (χ0) is 18.8. The van der Waals surface area contributed by atoms with Gasteiger partial charge in [0, 0.05) is 30.7 Å². The number of aryl methyl sites for hydroxylation is 1. The maximum Gasteiger partial charge on any atom is 0.349 e. The van der Waals surface area contributed by atoms with Crippen LogP contribution in [0.5, 0.6) is 5.75 Å². The highest BCUT2D eigenvalue weighted by Gasteiger charge is 2.14. The predicted octanol–water partition coefficient (Wildman–Crippen LogP) is 1.71. The Balaban J connectivity index is 1.76. The third kappa shape index (κ3) is 3.23. The van der Waals surface area contributed by atoms with Gasteiger partial charge in [0.25, 0.3) is 5.91 Å². The summed E-state index contributed by atoms with van der Waals surface area (Å²) in [5, 5.41) is 13.0. The molecule has 0 unspecified atom stereocenters. The molecule has 0 atom stereocenters. The monoisotopic (exact) mass is 354 g/mol. The molecular weight excluding hydrogens is 336 g/mol. The van der Waals surface area contributed by atoms with E-state index in [2.05, 4.69) is 5.32 Å². The number of para-hydroxylation sites is 1. The van der Waals surface area contributed by atoms with Crippen molar-refractivity contribution in [1.82, 2.24) is 9.88 Å². The second kappa shape index (κ2) is 6.87. The van der Waals surface area contributed by atoms with E-state index in [-0.39, 0.29) is 17.9 Å². The van der Waals surface area contributed by atoms with Crippen LogP contribution in [0.1, 0.15) is 21.6 Å². The lowest BCUT2D eigenvalue weighted by molar-refractivity contribution is 0.0948. The van der Waals surface area contributed by atoms with Crippen LogP contribution in [0.4, 0.5) is 0 Å². The molecule has 3 aromatic rings. The van der Waals surface area contributed by atoms with Gasteiger partial charge >= 0.3 is 5.63 Å². The smallest absolute Gasteiger partial charge is 0.349 e. The van der Waals surface area contributed by atoms with E-state index in [4.69, 9.17) is 4.42 Å². The molecule has 0 spiro atoms. The number of nitrogens with zero attached hydrogens (tertiary/aromatic N) is 1. The third-order valence-corrected chi connectivity index (χ3v) is 4.25. The molecule has 0 radical (unpaired) electrons. The number of carbonyl (C=O) groups is 1. The van der Waals surface area contributed by atoms with E-state index in [0.717, 1.165) is 5.56 Å². The van der Waals surface area contributed by atoms with E-state index < -0.39 is 17.0 Å². The zero-order valence-corrected chi connectivity index (χ0v) is 14.4. The molecule has 2 N–H and O–H groups in total. The Labute approximate surface area is 148 Å². The fourth-order valence-electron chi connectivity index (χ4n) is 2.74. The van der Waals surface area contributed by atoms with Crippen LogP contribution in [0.3, 0.4) is 0 Å². The molecule has 0 aliphatic heterocycles. The summed E-state index contributed by atoms with van der Waals surface area (Å²) in [6.07, 6.45) is 1.54. The molecule has 0 fully saturated rings. The summed E-state index contributed by atoms with van der Waals surface area (Å²) in [6, 6.07) is 8.19. The topological polar surface area (TPSA) is 102 Å². The minimum Gasteiger partial charge on any atom is -0.503 e. The van der Waals surface area contributed by atoms with Crippen molar-refractivity contribution < 1.29 is 14.3 Å². The molecule has 0 saturated carbocycles. The maximum absolute atomic E-state index is 12.3. The van der Waals surface area contributed by atoms with Gasteiger partial charge in [-0.05, 0) is 25.5 Å². The van der Waals surface area contributed by atoms with E-state index in [1.807, 2.05) is 19.1 Å². The summed E-state index contributed by atoms with van der Waals surface area (Å²) < 4.78 is 6.91. The second-order valence-electron chi connectivity index (χ2n) is 6.00. The van der Waals surface area contributed by atoms with Crippen LogP contribution in [0.2, 0.25) is 0 Å². The van der Waals surface area contributed by atoms with Crippen LogP contribution in [0, 0.1) is 13.8 Å². The Morgan fingerprint density at radius 1 is 1.23 bits per heavy atom. The van der Waals surface area contributed by atoms with E-state index in [1.54, 1.807) is 17.6 Å². The molecule has 3 rings (SSSR count). The Kier molecular flexibility index (Phi) is 4.62. The molecule has 7 nitrogen and oxygen atoms in total. The van der Waals surface area contributed by atoms with Crippen LogP contribution in [0.25, 0.3) is 11.0 Å². The fourth-order valence-corrected chi connectivity index (χ4v) is 2.74. The van der Waals surface area contributed by atoms with E-state index >= 15 is 0 Å². The summed E-state index contributed by atoms with van der Waals surface area (Å²) in [5.74, 6) is -0.852. The molecule has 7 heteroatoms. The first-order chi connectivity index (χ1) is 12.4. The summed E-state index contributed by atoms with van der Waals surface area (Å²) in [5.41, 5.74) is 0.483. The van der Waals surface area contributed by atoms with Gasteiger partial charge in [0.05, 0.1) is 5.69 Å². The van der Waals surface area contributed by atoms with Crippen molar-refractivity contribution in [3.63, 3.8) is 0 Å². The lowest BCUT2D eigenvalue weighted by atomic mass is 10.1. The van der Waals surface area contributed by atoms with Crippen LogP contribution in [-0.4, -0.2) is 22.1 Å².